The van der Waals surface area contributed by atoms with Crippen molar-refractivity contribution in [3.63, 3.8) is 0 Å². The highest BCUT2D eigenvalue weighted by Crippen LogP contribution is 2.58. The fourth-order valence-electron chi connectivity index (χ4n) is 4.96. The summed E-state index contributed by atoms with van der Waals surface area (Å²) < 4.78 is 0. The van der Waals surface area contributed by atoms with Crippen LogP contribution in [0.2, 0.25) is 0 Å². The van der Waals surface area contributed by atoms with Crippen LogP contribution in [-0.4, -0.2) is 22.1 Å². The Morgan fingerprint density at radius 1 is 1.33 bits per heavy atom. The molecule has 4 bridgehead atoms. The fraction of sp³-hybridized carbons (Fsp3) is 0.917. The summed E-state index contributed by atoms with van der Waals surface area (Å²) in [5, 5.41) is 13.1. The molecule has 4 rings (SSSR count). The number of carbonyl (C=O) groups excluding carboxylic acids is 1. The van der Waals surface area contributed by atoms with Crippen LogP contribution in [0.25, 0.3) is 0 Å². The second kappa shape index (κ2) is 3.59. The highest BCUT2D eigenvalue weighted by Gasteiger charge is 2.60. The molecule has 0 radical (unpaired) electrons. The van der Waals surface area contributed by atoms with E-state index in [0.29, 0.717) is 18.3 Å². The zero-order valence-corrected chi connectivity index (χ0v) is 10.5. The summed E-state index contributed by atoms with van der Waals surface area (Å²) >= 11 is 0. The zero-order chi connectivity index (χ0) is 13.0. The molecule has 4 aliphatic carbocycles. The third-order valence-electron chi connectivity index (χ3n) is 4.72. The molecule has 1 N–H and O–H groups in total. The standard InChI is InChI=1S/C12H18N2O4/c1-8(15)13-11-3-9-2-10(4-11)6-12(5-9,7-11)18-14(16)17/h9-10H,2-7H2,1H3,(H,13,15)/t9-,10+,11?,12?. The van der Waals surface area contributed by atoms with Crippen LogP contribution in [0.5, 0.6) is 0 Å². The molecule has 6 heteroatoms. The molecule has 4 atom stereocenters. The van der Waals surface area contributed by atoms with E-state index in [2.05, 4.69) is 5.32 Å². The normalized spacial score (nSPS) is 44.7. The summed E-state index contributed by atoms with van der Waals surface area (Å²) in [7, 11) is 0. The molecule has 0 aromatic rings. The molecule has 2 unspecified atom stereocenters. The maximum absolute atomic E-state index is 11.4. The van der Waals surface area contributed by atoms with Gasteiger partial charge in [0.05, 0.1) is 0 Å². The van der Waals surface area contributed by atoms with Crippen LogP contribution >= 0.6 is 0 Å². The first-order valence-electron chi connectivity index (χ1n) is 6.53. The first kappa shape index (κ1) is 11.7. The summed E-state index contributed by atoms with van der Waals surface area (Å²) in [4.78, 5) is 27.1. The summed E-state index contributed by atoms with van der Waals surface area (Å²) in [5.41, 5.74) is -0.901. The van der Waals surface area contributed by atoms with E-state index < -0.39 is 10.7 Å². The van der Waals surface area contributed by atoms with Gasteiger partial charge in [-0.05, 0) is 50.4 Å². The van der Waals surface area contributed by atoms with E-state index in [4.69, 9.17) is 4.84 Å². The molecule has 1 amide bonds. The van der Waals surface area contributed by atoms with Gasteiger partial charge in [-0.15, -0.1) is 10.1 Å². The Morgan fingerprint density at radius 2 is 1.94 bits per heavy atom. The Bertz CT molecular complexity index is 361. The van der Waals surface area contributed by atoms with Crippen LogP contribution in [0.4, 0.5) is 0 Å². The number of hydrogen-bond acceptors (Lipinski definition) is 4. The quantitative estimate of drug-likeness (QED) is 0.610. The average molecular weight is 254 g/mol. The van der Waals surface area contributed by atoms with E-state index >= 15 is 0 Å². The molecular formula is C12H18N2O4. The van der Waals surface area contributed by atoms with Gasteiger partial charge in [0.1, 0.15) is 5.60 Å². The Balaban J connectivity index is 1.87. The molecule has 4 saturated carbocycles. The first-order chi connectivity index (χ1) is 8.40. The van der Waals surface area contributed by atoms with Crippen molar-refractivity contribution in [1.82, 2.24) is 5.32 Å². The van der Waals surface area contributed by atoms with Crippen molar-refractivity contribution in [3.8, 4) is 0 Å². The number of amides is 1. The molecule has 100 valence electrons. The molecule has 0 aromatic carbocycles. The summed E-state index contributed by atoms with van der Waals surface area (Å²) in [6.45, 7) is 1.51. The summed E-state index contributed by atoms with van der Waals surface area (Å²) in [6, 6.07) is 0. The largest absolute Gasteiger partial charge is 0.351 e. The van der Waals surface area contributed by atoms with Crippen LogP contribution in [0.15, 0.2) is 0 Å². The van der Waals surface area contributed by atoms with Crippen molar-refractivity contribution in [3.05, 3.63) is 10.1 Å². The maximum Gasteiger partial charge on any atom is 0.295 e. The molecule has 0 aromatic heterocycles. The third kappa shape index (κ3) is 1.83. The van der Waals surface area contributed by atoms with Crippen molar-refractivity contribution in [1.29, 1.82) is 0 Å². The lowest BCUT2D eigenvalue weighted by molar-refractivity contribution is -0.785. The molecule has 0 saturated heterocycles. The minimum Gasteiger partial charge on any atom is -0.351 e. The van der Waals surface area contributed by atoms with Gasteiger partial charge in [0.25, 0.3) is 5.09 Å². The number of nitrogens with zero attached hydrogens (tertiary/aromatic N) is 1. The van der Waals surface area contributed by atoms with Crippen molar-refractivity contribution in [2.45, 2.75) is 56.6 Å². The topological polar surface area (TPSA) is 81.5 Å². The smallest absolute Gasteiger partial charge is 0.295 e. The zero-order valence-electron chi connectivity index (χ0n) is 10.5. The predicted octanol–water partition coefficient (Wildman–Crippen LogP) is 1.42. The van der Waals surface area contributed by atoms with Crippen LogP contribution in [0.3, 0.4) is 0 Å². The predicted molar refractivity (Wildman–Crippen MR) is 62.0 cm³/mol. The minimum absolute atomic E-state index is 0.0480. The van der Waals surface area contributed by atoms with Gasteiger partial charge in [0.15, 0.2) is 0 Å². The molecule has 4 fully saturated rings. The van der Waals surface area contributed by atoms with Crippen molar-refractivity contribution >= 4 is 5.91 Å². The van der Waals surface area contributed by atoms with E-state index in [1.54, 1.807) is 0 Å². The summed E-state index contributed by atoms with van der Waals surface area (Å²) in [6.07, 6.45) is 5.16. The molecule has 0 heterocycles. The molecule has 6 nitrogen and oxygen atoms in total. The lowest BCUT2D eigenvalue weighted by atomic mass is 9.51. The second-order valence-electron chi connectivity index (χ2n) is 6.42. The number of rotatable bonds is 3. The van der Waals surface area contributed by atoms with Crippen LogP contribution in [-0.2, 0) is 9.63 Å². The monoisotopic (exact) mass is 254 g/mol. The maximum atomic E-state index is 11.4. The van der Waals surface area contributed by atoms with Crippen LogP contribution in [0.1, 0.15) is 45.4 Å². The minimum atomic E-state index is -0.658. The Kier molecular flexibility index (Phi) is 2.34. The summed E-state index contributed by atoms with van der Waals surface area (Å²) in [5.74, 6) is 0.865. The Labute approximate surface area is 105 Å². The molecule has 4 aliphatic rings. The molecular weight excluding hydrogens is 236 g/mol. The van der Waals surface area contributed by atoms with Crippen molar-refractivity contribution in [2.75, 3.05) is 0 Å². The molecule has 18 heavy (non-hydrogen) atoms. The number of nitrogens with one attached hydrogen (secondary N) is 1. The van der Waals surface area contributed by atoms with E-state index in [0.717, 1.165) is 32.1 Å². The van der Waals surface area contributed by atoms with Gasteiger partial charge in [-0.25, -0.2) is 0 Å². The van der Waals surface area contributed by atoms with E-state index in [-0.39, 0.29) is 11.4 Å². The van der Waals surface area contributed by atoms with Gasteiger partial charge in [-0.3, -0.25) is 4.79 Å². The molecule has 0 spiro atoms. The third-order valence-corrected chi connectivity index (χ3v) is 4.72. The lowest BCUT2D eigenvalue weighted by Gasteiger charge is -2.60. The van der Waals surface area contributed by atoms with Crippen LogP contribution in [0, 0.1) is 22.0 Å². The Morgan fingerprint density at radius 3 is 2.44 bits per heavy atom. The van der Waals surface area contributed by atoms with Crippen LogP contribution < -0.4 is 5.32 Å². The SMILES string of the molecule is CC(=O)NC12C[C@H]3C[C@@H](C1)CC(O[N+](=O)[O-])(C3)C2. The van der Waals surface area contributed by atoms with Gasteiger partial charge in [0, 0.05) is 12.5 Å². The van der Waals surface area contributed by atoms with Crippen molar-refractivity contribution < 1.29 is 14.7 Å². The average Bonchev–Trinajstić information content (AvgIpc) is 2.08. The first-order valence-corrected chi connectivity index (χ1v) is 6.53. The van der Waals surface area contributed by atoms with Gasteiger partial charge in [-0.2, -0.15) is 0 Å². The number of carbonyl (C=O) groups is 1. The van der Waals surface area contributed by atoms with E-state index in [9.17, 15) is 14.9 Å². The van der Waals surface area contributed by atoms with E-state index in [1.807, 2.05) is 0 Å². The lowest BCUT2D eigenvalue weighted by Crippen LogP contribution is -2.66. The highest BCUT2D eigenvalue weighted by molar-refractivity contribution is 5.74. The second-order valence-corrected chi connectivity index (χ2v) is 6.42. The van der Waals surface area contributed by atoms with Gasteiger partial charge >= 0.3 is 0 Å². The fourth-order valence-corrected chi connectivity index (χ4v) is 4.96. The highest BCUT2D eigenvalue weighted by atomic mass is 17.0. The molecule has 0 aliphatic heterocycles. The Hall–Kier alpha value is -1.33. The van der Waals surface area contributed by atoms with Gasteiger partial charge in [-0.1, -0.05) is 0 Å². The van der Waals surface area contributed by atoms with E-state index in [1.165, 1.54) is 6.92 Å². The van der Waals surface area contributed by atoms with Gasteiger partial charge in [0.2, 0.25) is 5.91 Å². The number of hydrogen-bond donors (Lipinski definition) is 1. The van der Waals surface area contributed by atoms with Crippen molar-refractivity contribution in [2.24, 2.45) is 11.8 Å². The van der Waals surface area contributed by atoms with Gasteiger partial charge < -0.3 is 10.2 Å².